The number of benzene rings is 2. The number of para-hydroxylation sites is 1. The Bertz CT molecular complexity index is 694. The first kappa shape index (κ1) is 11.7. The van der Waals surface area contributed by atoms with Crippen LogP contribution < -0.4 is 4.74 Å². The van der Waals surface area contributed by atoms with E-state index < -0.39 is 0 Å². The van der Waals surface area contributed by atoms with Crippen molar-refractivity contribution in [3.05, 3.63) is 60.2 Å². The molecule has 0 saturated carbocycles. The SMILES string of the molecule is CC(Oc1ccccc1)c1nc2ccc(F)cc2[nH]1. The summed E-state index contributed by atoms with van der Waals surface area (Å²) in [6, 6.07) is 14.0. The number of nitrogens with one attached hydrogen (secondary N) is 1. The summed E-state index contributed by atoms with van der Waals surface area (Å²) in [6.07, 6.45) is -0.224. The fourth-order valence-corrected chi connectivity index (χ4v) is 1.95. The number of aromatic nitrogens is 2. The van der Waals surface area contributed by atoms with Gasteiger partial charge in [0.15, 0.2) is 6.10 Å². The average molecular weight is 256 g/mol. The first-order chi connectivity index (χ1) is 9.22. The summed E-state index contributed by atoms with van der Waals surface area (Å²) >= 11 is 0. The molecule has 1 heterocycles. The highest BCUT2D eigenvalue weighted by Gasteiger charge is 2.12. The van der Waals surface area contributed by atoms with Gasteiger partial charge >= 0.3 is 0 Å². The fourth-order valence-electron chi connectivity index (χ4n) is 1.95. The Morgan fingerprint density at radius 2 is 1.95 bits per heavy atom. The molecule has 0 aliphatic heterocycles. The lowest BCUT2D eigenvalue weighted by molar-refractivity contribution is 0.218. The number of nitrogens with zero attached hydrogens (tertiary/aromatic N) is 1. The Hall–Kier alpha value is -2.36. The monoisotopic (exact) mass is 256 g/mol. The molecular formula is C15H13FN2O. The van der Waals surface area contributed by atoms with Crippen molar-refractivity contribution >= 4 is 11.0 Å². The minimum Gasteiger partial charge on any atom is -0.483 e. The second kappa shape index (κ2) is 4.72. The first-order valence-electron chi connectivity index (χ1n) is 6.09. The molecule has 3 aromatic rings. The molecule has 0 amide bonds. The number of H-pyrrole nitrogens is 1. The van der Waals surface area contributed by atoms with Crippen LogP contribution in [0.1, 0.15) is 18.9 Å². The van der Waals surface area contributed by atoms with Crippen LogP contribution in [0, 0.1) is 5.82 Å². The summed E-state index contributed by atoms with van der Waals surface area (Å²) < 4.78 is 18.9. The van der Waals surface area contributed by atoms with Gasteiger partial charge in [-0.15, -0.1) is 0 Å². The molecular weight excluding hydrogens is 243 g/mol. The van der Waals surface area contributed by atoms with E-state index in [0.29, 0.717) is 11.3 Å². The molecule has 0 radical (unpaired) electrons. The zero-order valence-corrected chi connectivity index (χ0v) is 10.4. The van der Waals surface area contributed by atoms with Gasteiger partial charge < -0.3 is 9.72 Å². The van der Waals surface area contributed by atoms with Gasteiger partial charge in [0, 0.05) is 0 Å². The summed E-state index contributed by atoms with van der Waals surface area (Å²) in [5.74, 6) is 1.19. The lowest BCUT2D eigenvalue weighted by Crippen LogP contribution is -2.04. The van der Waals surface area contributed by atoms with Gasteiger partial charge in [-0.25, -0.2) is 9.37 Å². The third kappa shape index (κ3) is 2.42. The van der Waals surface area contributed by atoms with Gasteiger partial charge in [0.05, 0.1) is 11.0 Å². The molecule has 0 aliphatic rings. The third-order valence-corrected chi connectivity index (χ3v) is 2.90. The number of fused-ring (bicyclic) bond motifs is 1. The van der Waals surface area contributed by atoms with Gasteiger partial charge in [-0.3, -0.25) is 0 Å². The predicted molar refractivity (Wildman–Crippen MR) is 71.5 cm³/mol. The van der Waals surface area contributed by atoms with E-state index in [1.165, 1.54) is 12.1 Å². The maximum atomic E-state index is 13.1. The molecule has 19 heavy (non-hydrogen) atoms. The van der Waals surface area contributed by atoms with Crippen molar-refractivity contribution in [2.75, 3.05) is 0 Å². The van der Waals surface area contributed by atoms with Crippen molar-refractivity contribution in [3.8, 4) is 5.75 Å². The van der Waals surface area contributed by atoms with Crippen molar-refractivity contribution in [3.63, 3.8) is 0 Å². The Morgan fingerprint density at radius 1 is 1.16 bits per heavy atom. The fraction of sp³-hybridized carbons (Fsp3) is 0.133. The maximum Gasteiger partial charge on any atom is 0.153 e. The van der Waals surface area contributed by atoms with Crippen LogP contribution in [0.3, 0.4) is 0 Å². The zero-order valence-electron chi connectivity index (χ0n) is 10.4. The summed E-state index contributed by atoms with van der Waals surface area (Å²) in [5.41, 5.74) is 1.42. The highest BCUT2D eigenvalue weighted by Crippen LogP contribution is 2.22. The quantitative estimate of drug-likeness (QED) is 0.773. The van der Waals surface area contributed by atoms with Crippen LogP contribution in [0.15, 0.2) is 48.5 Å². The number of halogens is 1. The lowest BCUT2D eigenvalue weighted by atomic mass is 10.3. The largest absolute Gasteiger partial charge is 0.483 e. The van der Waals surface area contributed by atoms with Crippen LogP contribution in [-0.2, 0) is 0 Å². The molecule has 4 heteroatoms. The van der Waals surface area contributed by atoms with E-state index in [4.69, 9.17) is 4.74 Å². The molecule has 0 spiro atoms. The first-order valence-corrected chi connectivity index (χ1v) is 6.09. The zero-order chi connectivity index (χ0) is 13.2. The molecule has 2 aromatic carbocycles. The molecule has 96 valence electrons. The molecule has 0 saturated heterocycles. The molecule has 1 aromatic heterocycles. The van der Waals surface area contributed by atoms with Gasteiger partial charge in [0.2, 0.25) is 0 Å². The number of hydrogen-bond donors (Lipinski definition) is 1. The summed E-state index contributed by atoms with van der Waals surface area (Å²) in [7, 11) is 0. The second-order valence-electron chi connectivity index (χ2n) is 4.36. The van der Waals surface area contributed by atoms with Crippen molar-refractivity contribution in [1.82, 2.24) is 9.97 Å². The Morgan fingerprint density at radius 3 is 2.74 bits per heavy atom. The van der Waals surface area contributed by atoms with E-state index in [9.17, 15) is 4.39 Å². The van der Waals surface area contributed by atoms with Gasteiger partial charge in [-0.05, 0) is 37.3 Å². The minimum atomic E-state index is -0.278. The van der Waals surface area contributed by atoms with E-state index in [1.807, 2.05) is 37.3 Å². The van der Waals surface area contributed by atoms with Crippen LogP contribution in [0.25, 0.3) is 11.0 Å². The summed E-state index contributed by atoms with van der Waals surface area (Å²) in [5, 5.41) is 0. The smallest absolute Gasteiger partial charge is 0.153 e. The average Bonchev–Trinajstić information content (AvgIpc) is 2.83. The third-order valence-electron chi connectivity index (χ3n) is 2.90. The Balaban J connectivity index is 1.87. The summed E-state index contributed by atoms with van der Waals surface area (Å²) in [4.78, 5) is 7.48. The number of aromatic amines is 1. The summed E-state index contributed by atoms with van der Waals surface area (Å²) in [6.45, 7) is 1.90. The van der Waals surface area contributed by atoms with Crippen molar-refractivity contribution in [2.45, 2.75) is 13.0 Å². The van der Waals surface area contributed by atoms with Crippen LogP contribution in [0.2, 0.25) is 0 Å². The van der Waals surface area contributed by atoms with Crippen LogP contribution in [0.5, 0.6) is 5.75 Å². The van der Waals surface area contributed by atoms with Gasteiger partial charge in [-0.2, -0.15) is 0 Å². The number of ether oxygens (including phenoxy) is 1. The van der Waals surface area contributed by atoms with Gasteiger partial charge in [-0.1, -0.05) is 18.2 Å². The highest BCUT2D eigenvalue weighted by molar-refractivity contribution is 5.75. The Kier molecular flexibility index (Phi) is 2.91. The maximum absolute atomic E-state index is 13.1. The van der Waals surface area contributed by atoms with Crippen molar-refractivity contribution in [1.29, 1.82) is 0 Å². The lowest BCUT2D eigenvalue weighted by Gasteiger charge is -2.11. The minimum absolute atomic E-state index is 0.224. The number of hydrogen-bond acceptors (Lipinski definition) is 2. The molecule has 0 aliphatic carbocycles. The molecule has 3 rings (SSSR count). The van der Waals surface area contributed by atoms with E-state index >= 15 is 0 Å². The molecule has 0 fully saturated rings. The van der Waals surface area contributed by atoms with E-state index in [-0.39, 0.29) is 11.9 Å². The van der Waals surface area contributed by atoms with E-state index in [0.717, 1.165) is 11.3 Å². The molecule has 0 bridgehead atoms. The topological polar surface area (TPSA) is 37.9 Å². The predicted octanol–water partition coefficient (Wildman–Crippen LogP) is 3.84. The van der Waals surface area contributed by atoms with E-state index in [2.05, 4.69) is 9.97 Å². The normalized spacial score (nSPS) is 12.5. The molecule has 1 atom stereocenters. The number of imidazole rings is 1. The van der Waals surface area contributed by atoms with Crippen molar-refractivity contribution < 1.29 is 9.13 Å². The van der Waals surface area contributed by atoms with E-state index in [1.54, 1.807) is 6.07 Å². The standard InChI is InChI=1S/C15H13FN2O/c1-10(19-12-5-3-2-4-6-12)15-17-13-8-7-11(16)9-14(13)18-15/h2-10H,1H3,(H,17,18). The molecule has 1 unspecified atom stereocenters. The van der Waals surface area contributed by atoms with Crippen LogP contribution >= 0.6 is 0 Å². The van der Waals surface area contributed by atoms with Crippen LogP contribution in [-0.4, -0.2) is 9.97 Å². The second-order valence-corrected chi connectivity index (χ2v) is 4.36. The van der Waals surface area contributed by atoms with Gasteiger partial charge in [0.25, 0.3) is 0 Å². The number of rotatable bonds is 3. The van der Waals surface area contributed by atoms with Crippen molar-refractivity contribution in [2.24, 2.45) is 0 Å². The molecule has 1 N–H and O–H groups in total. The van der Waals surface area contributed by atoms with Crippen LogP contribution in [0.4, 0.5) is 4.39 Å². The highest BCUT2D eigenvalue weighted by atomic mass is 19.1. The van der Waals surface area contributed by atoms with Gasteiger partial charge in [0.1, 0.15) is 17.4 Å². The Labute approximate surface area is 110 Å². The molecule has 3 nitrogen and oxygen atoms in total.